The number of nitrogens with zero attached hydrogens (tertiary/aromatic N) is 2. The zero-order chi connectivity index (χ0) is 20.5. The van der Waals surface area contributed by atoms with Crippen LogP contribution in [0.1, 0.15) is 6.23 Å². The molecule has 1 aromatic rings. The van der Waals surface area contributed by atoms with Crippen molar-refractivity contribution in [2.45, 2.75) is 11.7 Å². The Labute approximate surface area is 173 Å². The van der Waals surface area contributed by atoms with Gasteiger partial charge in [-0.15, -0.1) is 11.8 Å². The van der Waals surface area contributed by atoms with Crippen LogP contribution in [0.2, 0.25) is 0 Å². The van der Waals surface area contributed by atoms with E-state index >= 15 is 0 Å². The van der Waals surface area contributed by atoms with E-state index in [9.17, 15) is 23.4 Å². The van der Waals surface area contributed by atoms with E-state index in [0.717, 1.165) is 16.3 Å². The van der Waals surface area contributed by atoms with Crippen LogP contribution in [-0.4, -0.2) is 46.9 Å². The first-order valence-electron chi connectivity index (χ1n) is 6.66. The molecular weight excluding hydrogens is 497 g/mol. The third-order valence-electron chi connectivity index (χ3n) is 2.69. The molecule has 2 rings (SSSR count). The van der Waals surface area contributed by atoms with Crippen LogP contribution in [0.5, 0.6) is 0 Å². The summed E-state index contributed by atoms with van der Waals surface area (Å²) < 4.78 is 51.5. The molecule has 0 radical (unpaired) electrons. The lowest BCUT2D eigenvalue weighted by atomic mass is 10.5. The van der Waals surface area contributed by atoms with Gasteiger partial charge in [0.25, 0.3) is 0 Å². The van der Waals surface area contributed by atoms with Gasteiger partial charge < -0.3 is 48.5 Å². The van der Waals surface area contributed by atoms with Gasteiger partial charge in [0.2, 0.25) is 0 Å². The number of aromatic nitrogens is 2. The van der Waals surface area contributed by atoms with Crippen molar-refractivity contribution < 1.29 is 51.2 Å². The summed E-state index contributed by atoms with van der Waals surface area (Å²) in [6, 6.07) is 1.37. The van der Waals surface area contributed by atoms with E-state index in [1.807, 2.05) is 0 Å². The standard InChI is InChI=1S/C8H14N3O12P3S.3H3N/c9-5-1-2-11(8(12)10-5)6-4-27-7(21-6)3-20-25(16,17)23-26(18,19)22-24(13,14)15;;;/h1-2,6-7H,3-4H2,(H,16,17)(H,18,19)(H2,9,10,12)(H2,13,14,15);3*1H3/t6-,7+;;;/m1.../s1. The van der Waals surface area contributed by atoms with Crippen molar-refractivity contribution in [3.8, 4) is 0 Å². The summed E-state index contributed by atoms with van der Waals surface area (Å²) in [5.41, 5.74) is 3.83. The Morgan fingerprint density at radius 1 is 1.17 bits per heavy atom. The Balaban J connectivity index is 0. The number of nitrogen functional groups attached to an aromatic ring is 1. The van der Waals surface area contributed by atoms with E-state index in [1.54, 1.807) is 0 Å². The number of hydrogen-bond acceptors (Lipinski definition) is 14. The van der Waals surface area contributed by atoms with Gasteiger partial charge in [-0.3, -0.25) is 9.09 Å². The molecule has 22 heteroatoms. The van der Waals surface area contributed by atoms with Crippen molar-refractivity contribution in [3.05, 3.63) is 22.7 Å². The first-order chi connectivity index (χ1) is 12.3. The molecule has 15 N–H and O–H groups in total. The van der Waals surface area contributed by atoms with Crippen LogP contribution in [-0.2, 0) is 31.6 Å². The van der Waals surface area contributed by atoms with E-state index in [4.69, 9.17) is 25.2 Å². The second kappa shape index (κ2) is 11.8. The number of ether oxygens (including phenoxy) is 1. The fourth-order valence-corrected chi connectivity index (χ4v) is 5.89. The minimum Gasteiger partial charge on any atom is -0.383 e. The van der Waals surface area contributed by atoms with Gasteiger partial charge in [-0.2, -0.15) is 13.6 Å². The molecule has 18 nitrogen and oxygen atoms in total. The smallest absolute Gasteiger partial charge is 0.383 e. The highest BCUT2D eigenvalue weighted by Crippen LogP contribution is 2.66. The molecule has 178 valence electrons. The first-order valence-corrected chi connectivity index (χ1v) is 12.2. The lowest BCUT2D eigenvalue weighted by Gasteiger charge is -2.18. The van der Waals surface area contributed by atoms with E-state index in [2.05, 4.69) is 18.1 Å². The Morgan fingerprint density at radius 3 is 2.30 bits per heavy atom. The molecule has 0 saturated carbocycles. The second-order valence-corrected chi connectivity index (χ2v) is 10.4. The molecule has 1 aliphatic heterocycles. The monoisotopic (exact) mass is 520 g/mol. The van der Waals surface area contributed by atoms with Crippen molar-refractivity contribution >= 4 is 41.0 Å². The van der Waals surface area contributed by atoms with Gasteiger partial charge in [-0.1, -0.05) is 0 Å². The van der Waals surface area contributed by atoms with Crippen LogP contribution in [0.3, 0.4) is 0 Å². The predicted octanol–water partition coefficient (Wildman–Crippen LogP) is 0.243. The number of thioether (sulfide) groups is 1. The van der Waals surface area contributed by atoms with Gasteiger partial charge in [0.05, 0.1) is 6.61 Å². The minimum atomic E-state index is -5.58. The third-order valence-corrected chi connectivity index (χ3v) is 7.58. The van der Waals surface area contributed by atoms with Crippen molar-refractivity contribution in [1.82, 2.24) is 28.0 Å². The second-order valence-electron chi connectivity index (χ2n) is 4.78. The highest BCUT2D eigenvalue weighted by molar-refractivity contribution is 8.00. The maximum absolute atomic E-state index is 11.7. The van der Waals surface area contributed by atoms with Crippen molar-refractivity contribution in [1.29, 1.82) is 0 Å². The van der Waals surface area contributed by atoms with Crippen molar-refractivity contribution in [2.24, 2.45) is 0 Å². The van der Waals surface area contributed by atoms with Gasteiger partial charge in [-0.25, -0.2) is 18.5 Å². The number of phosphoric ester groups is 1. The van der Waals surface area contributed by atoms with Crippen LogP contribution in [0, 0.1) is 0 Å². The Morgan fingerprint density at radius 2 is 1.77 bits per heavy atom. The fraction of sp³-hybridized carbons (Fsp3) is 0.500. The Kier molecular flexibility index (Phi) is 12.3. The number of rotatable bonds is 8. The van der Waals surface area contributed by atoms with E-state index < -0.39 is 47.4 Å². The maximum atomic E-state index is 11.7. The fourth-order valence-electron chi connectivity index (χ4n) is 1.78. The van der Waals surface area contributed by atoms with Gasteiger partial charge in [0.15, 0.2) is 0 Å². The molecule has 4 atom stereocenters. The van der Waals surface area contributed by atoms with Crippen LogP contribution in [0.4, 0.5) is 5.82 Å². The highest BCUT2D eigenvalue weighted by atomic mass is 32.2. The van der Waals surface area contributed by atoms with Gasteiger partial charge in [-0.05, 0) is 6.07 Å². The molecule has 1 saturated heterocycles. The first kappa shape index (κ1) is 31.5. The molecule has 0 bridgehead atoms. The number of hydrogen-bond donors (Lipinski definition) is 8. The average molecular weight is 520 g/mol. The summed E-state index contributed by atoms with van der Waals surface area (Å²) in [4.78, 5) is 50.5. The van der Waals surface area contributed by atoms with Gasteiger partial charge in [0, 0.05) is 11.9 Å². The van der Waals surface area contributed by atoms with Gasteiger partial charge in [0.1, 0.15) is 17.5 Å². The van der Waals surface area contributed by atoms with Crippen LogP contribution in [0.25, 0.3) is 0 Å². The number of nitrogens with two attached hydrogens (primary N) is 1. The summed E-state index contributed by atoms with van der Waals surface area (Å²) in [6.07, 6.45) is 0.575. The molecule has 0 aromatic carbocycles. The average Bonchev–Trinajstić information content (AvgIpc) is 2.90. The Bertz CT molecular complexity index is 895. The molecule has 2 unspecified atom stereocenters. The largest absolute Gasteiger partial charge is 0.490 e. The molecule has 0 amide bonds. The summed E-state index contributed by atoms with van der Waals surface area (Å²) in [5, 5.41) is 0. The van der Waals surface area contributed by atoms with E-state index in [0.29, 0.717) is 0 Å². The maximum Gasteiger partial charge on any atom is 0.490 e. The Hall–Kier alpha value is -0.720. The molecule has 1 aromatic heterocycles. The third kappa shape index (κ3) is 10.1. The quantitative estimate of drug-likeness (QED) is 0.213. The van der Waals surface area contributed by atoms with Crippen molar-refractivity contribution in [3.63, 3.8) is 0 Å². The summed E-state index contributed by atoms with van der Waals surface area (Å²) in [7, 11) is -16.3. The lowest BCUT2D eigenvalue weighted by Crippen LogP contribution is -2.28. The van der Waals surface area contributed by atoms with Gasteiger partial charge >= 0.3 is 29.2 Å². The summed E-state index contributed by atoms with van der Waals surface area (Å²) >= 11 is 1.09. The molecule has 0 aliphatic carbocycles. The van der Waals surface area contributed by atoms with E-state index in [1.165, 1.54) is 12.3 Å². The summed E-state index contributed by atoms with van der Waals surface area (Å²) in [6.45, 7) is -0.623. The normalized spacial score (nSPS) is 22.5. The zero-order valence-corrected chi connectivity index (χ0v) is 18.6. The number of anilines is 1. The van der Waals surface area contributed by atoms with Crippen LogP contribution in [0.15, 0.2) is 17.1 Å². The molecule has 2 heterocycles. The van der Waals surface area contributed by atoms with Crippen LogP contribution < -0.4 is 29.9 Å². The molecule has 1 fully saturated rings. The topological polar surface area (TPSA) is 335 Å². The van der Waals surface area contributed by atoms with Crippen molar-refractivity contribution in [2.75, 3.05) is 18.1 Å². The summed E-state index contributed by atoms with van der Waals surface area (Å²) in [5.74, 6) is 0.266. The minimum absolute atomic E-state index is 0. The number of phosphoric acid groups is 3. The van der Waals surface area contributed by atoms with Crippen LogP contribution >= 0.6 is 35.2 Å². The molecule has 30 heavy (non-hydrogen) atoms. The molecule has 1 aliphatic rings. The van der Waals surface area contributed by atoms with E-state index in [-0.39, 0.29) is 30.0 Å². The SMILES string of the molecule is N.N.N.Nc1ccn([C@H]2CS[C@@H](COP(=O)(O)OP(=O)(O)OP(=O)(O)O)O2)c(=O)n1. The molecular formula is C8H23N6O12P3S. The predicted molar refractivity (Wildman–Crippen MR) is 104 cm³/mol. The zero-order valence-electron chi connectivity index (χ0n) is 15.1. The lowest BCUT2D eigenvalue weighted by molar-refractivity contribution is -0.00646. The molecule has 0 spiro atoms. The highest BCUT2D eigenvalue weighted by Gasteiger charge is 2.41.